The molecule has 0 heterocycles. The molecule has 1 N–H and O–H groups in total. The van der Waals surface area contributed by atoms with Crippen molar-refractivity contribution in [1.82, 2.24) is 0 Å². The molecule has 2 atom stereocenters. The van der Waals surface area contributed by atoms with Crippen LogP contribution in [0.4, 0.5) is 0 Å². The van der Waals surface area contributed by atoms with Crippen LogP contribution in [0.5, 0.6) is 0 Å². The number of allylic oxidation sites excluding steroid dienone is 1. The first kappa shape index (κ1) is 14.7. The minimum absolute atomic E-state index is 0.0226. The van der Waals surface area contributed by atoms with Crippen LogP contribution < -0.4 is 0 Å². The van der Waals surface area contributed by atoms with E-state index in [0.717, 1.165) is 32.1 Å². The number of hydrogen-bond donors (Lipinski definition) is 1. The highest BCUT2D eigenvalue weighted by atomic mass is 16.5. The van der Waals surface area contributed by atoms with Gasteiger partial charge in [0.1, 0.15) is 0 Å². The molecule has 0 aromatic heterocycles. The van der Waals surface area contributed by atoms with E-state index in [0.29, 0.717) is 0 Å². The summed E-state index contributed by atoms with van der Waals surface area (Å²) in [5, 5.41) is 9.85. The van der Waals surface area contributed by atoms with Crippen molar-refractivity contribution in [2.75, 3.05) is 7.11 Å². The maximum Gasteiger partial charge on any atom is 0.0830 e. The smallest absolute Gasteiger partial charge is 0.0830 e. The molecule has 90 valence electrons. The number of unbranched alkanes of at least 4 members (excludes halogenated alkanes) is 3. The normalized spacial score (nSPS) is 14.9. The van der Waals surface area contributed by atoms with Crippen LogP contribution in [0, 0.1) is 0 Å². The lowest BCUT2D eigenvalue weighted by Crippen LogP contribution is -2.27. The van der Waals surface area contributed by atoms with Crippen molar-refractivity contribution in [3.05, 3.63) is 12.7 Å². The summed E-state index contributed by atoms with van der Waals surface area (Å²) in [7, 11) is 1.68. The highest BCUT2D eigenvalue weighted by Crippen LogP contribution is 2.13. The second-order valence-electron chi connectivity index (χ2n) is 4.06. The molecule has 0 aromatic rings. The lowest BCUT2D eigenvalue weighted by molar-refractivity contribution is -0.0211. The first-order valence-corrected chi connectivity index (χ1v) is 6.08. The Kier molecular flexibility index (Phi) is 9.96. The summed E-state index contributed by atoms with van der Waals surface area (Å²) in [4.78, 5) is 0. The second-order valence-corrected chi connectivity index (χ2v) is 4.06. The minimum Gasteiger partial charge on any atom is -0.390 e. The number of ether oxygens (including phenoxy) is 1. The van der Waals surface area contributed by atoms with Gasteiger partial charge < -0.3 is 9.84 Å². The molecule has 0 aliphatic carbocycles. The summed E-state index contributed by atoms with van der Waals surface area (Å²) < 4.78 is 5.26. The largest absolute Gasteiger partial charge is 0.390 e. The van der Waals surface area contributed by atoms with Crippen LogP contribution >= 0.6 is 0 Å². The van der Waals surface area contributed by atoms with Crippen LogP contribution in [0.25, 0.3) is 0 Å². The van der Waals surface area contributed by atoms with Crippen molar-refractivity contribution in [3.8, 4) is 0 Å². The van der Waals surface area contributed by atoms with Gasteiger partial charge in [-0.15, -0.1) is 6.58 Å². The Morgan fingerprint density at radius 3 is 2.53 bits per heavy atom. The Bertz CT molecular complexity index is 145. The molecule has 0 radical (unpaired) electrons. The fraction of sp³-hybridized carbons (Fsp3) is 0.846. The fourth-order valence-electron chi connectivity index (χ4n) is 1.76. The summed E-state index contributed by atoms with van der Waals surface area (Å²) in [6.07, 6.45) is 9.07. The average Bonchev–Trinajstić information content (AvgIpc) is 2.25. The Balaban J connectivity index is 3.51. The number of aliphatic hydroxyl groups excluding tert-OH is 1. The first-order chi connectivity index (χ1) is 7.26. The molecule has 0 amide bonds. The number of aliphatic hydroxyl groups is 1. The van der Waals surface area contributed by atoms with Gasteiger partial charge in [-0.25, -0.2) is 0 Å². The summed E-state index contributed by atoms with van der Waals surface area (Å²) >= 11 is 0. The predicted octanol–water partition coefficient (Wildman–Crippen LogP) is 3.30. The van der Waals surface area contributed by atoms with Crippen molar-refractivity contribution in [2.24, 2.45) is 0 Å². The molecule has 0 bridgehead atoms. The Labute approximate surface area is 94.3 Å². The van der Waals surface area contributed by atoms with Gasteiger partial charge in [-0.1, -0.05) is 32.3 Å². The third-order valence-electron chi connectivity index (χ3n) is 2.71. The van der Waals surface area contributed by atoms with Gasteiger partial charge in [0, 0.05) is 7.11 Å². The molecule has 0 fully saturated rings. The van der Waals surface area contributed by atoms with Gasteiger partial charge in [0.05, 0.1) is 12.2 Å². The van der Waals surface area contributed by atoms with E-state index in [-0.39, 0.29) is 12.2 Å². The maximum absolute atomic E-state index is 9.85. The summed E-state index contributed by atoms with van der Waals surface area (Å²) in [6, 6.07) is 0. The zero-order valence-electron chi connectivity index (χ0n) is 10.2. The third-order valence-corrected chi connectivity index (χ3v) is 2.71. The molecule has 0 aromatic carbocycles. The first-order valence-electron chi connectivity index (χ1n) is 6.08. The van der Waals surface area contributed by atoms with Crippen molar-refractivity contribution in [3.63, 3.8) is 0 Å². The third kappa shape index (κ3) is 7.57. The molecule has 2 unspecified atom stereocenters. The molecule has 0 aliphatic heterocycles. The van der Waals surface area contributed by atoms with Gasteiger partial charge in [-0.05, 0) is 25.7 Å². The molecule has 0 rings (SSSR count). The fourth-order valence-corrected chi connectivity index (χ4v) is 1.76. The van der Waals surface area contributed by atoms with Gasteiger partial charge in [0.15, 0.2) is 0 Å². The summed E-state index contributed by atoms with van der Waals surface area (Å²) in [5.41, 5.74) is 0. The second kappa shape index (κ2) is 10.2. The van der Waals surface area contributed by atoms with Crippen molar-refractivity contribution >= 4 is 0 Å². The summed E-state index contributed by atoms with van der Waals surface area (Å²) in [6.45, 7) is 5.80. The molecule has 0 aliphatic rings. The van der Waals surface area contributed by atoms with Gasteiger partial charge in [-0.3, -0.25) is 0 Å². The Morgan fingerprint density at radius 1 is 1.27 bits per heavy atom. The Hall–Kier alpha value is -0.340. The van der Waals surface area contributed by atoms with Crippen molar-refractivity contribution in [1.29, 1.82) is 0 Å². The highest BCUT2D eigenvalue weighted by molar-refractivity contribution is 4.69. The van der Waals surface area contributed by atoms with Crippen LogP contribution in [-0.4, -0.2) is 24.4 Å². The van der Waals surface area contributed by atoms with E-state index in [1.54, 1.807) is 7.11 Å². The number of methoxy groups -OCH3 is 1. The standard InChI is InChI=1S/C13H26O2/c1-4-6-7-8-9-11-12(14)13(15-3)10-5-2/h4,12-14H,1,5-11H2,2-3H3. The van der Waals surface area contributed by atoms with Gasteiger partial charge in [0.25, 0.3) is 0 Å². The topological polar surface area (TPSA) is 29.5 Å². The average molecular weight is 214 g/mol. The zero-order valence-corrected chi connectivity index (χ0v) is 10.2. The van der Waals surface area contributed by atoms with Crippen LogP contribution in [0.2, 0.25) is 0 Å². The molecular formula is C13H26O2. The van der Waals surface area contributed by atoms with Crippen LogP contribution in [-0.2, 0) is 4.74 Å². The van der Waals surface area contributed by atoms with Crippen LogP contribution in [0.3, 0.4) is 0 Å². The van der Waals surface area contributed by atoms with Crippen LogP contribution in [0.15, 0.2) is 12.7 Å². The lowest BCUT2D eigenvalue weighted by atomic mass is 10.0. The zero-order chi connectivity index (χ0) is 11.5. The summed E-state index contributed by atoms with van der Waals surface area (Å²) in [5.74, 6) is 0. The van der Waals surface area contributed by atoms with E-state index >= 15 is 0 Å². The highest BCUT2D eigenvalue weighted by Gasteiger charge is 2.16. The molecule has 2 heteroatoms. The molecular weight excluding hydrogens is 188 g/mol. The van der Waals surface area contributed by atoms with E-state index in [9.17, 15) is 5.11 Å². The van der Waals surface area contributed by atoms with E-state index in [4.69, 9.17) is 4.74 Å². The van der Waals surface area contributed by atoms with Crippen LogP contribution in [0.1, 0.15) is 51.9 Å². The molecule has 0 saturated heterocycles. The van der Waals surface area contributed by atoms with Gasteiger partial charge >= 0.3 is 0 Å². The number of rotatable bonds is 10. The van der Waals surface area contributed by atoms with Gasteiger partial charge in [-0.2, -0.15) is 0 Å². The molecule has 0 saturated carbocycles. The van der Waals surface area contributed by atoms with E-state index in [1.165, 1.54) is 12.8 Å². The maximum atomic E-state index is 9.85. The van der Waals surface area contributed by atoms with Crippen molar-refractivity contribution in [2.45, 2.75) is 64.1 Å². The lowest BCUT2D eigenvalue weighted by Gasteiger charge is -2.20. The molecule has 2 nitrogen and oxygen atoms in total. The van der Waals surface area contributed by atoms with E-state index < -0.39 is 0 Å². The molecule has 15 heavy (non-hydrogen) atoms. The predicted molar refractivity (Wildman–Crippen MR) is 65.0 cm³/mol. The monoisotopic (exact) mass is 214 g/mol. The number of hydrogen-bond acceptors (Lipinski definition) is 2. The molecule has 0 spiro atoms. The SMILES string of the molecule is C=CCCCCCC(O)C(CCC)OC. The van der Waals surface area contributed by atoms with Crippen molar-refractivity contribution < 1.29 is 9.84 Å². The minimum atomic E-state index is -0.293. The Morgan fingerprint density at radius 2 is 2.00 bits per heavy atom. The van der Waals surface area contributed by atoms with E-state index in [2.05, 4.69) is 13.5 Å². The van der Waals surface area contributed by atoms with E-state index in [1.807, 2.05) is 6.08 Å². The van der Waals surface area contributed by atoms with Gasteiger partial charge in [0.2, 0.25) is 0 Å². The quantitative estimate of drug-likeness (QED) is 0.446.